The second-order valence-electron chi connectivity index (χ2n) is 16.4. The van der Waals surface area contributed by atoms with Crippen molar-refractivity contribution in [2.45, 2.75) is 230 Å². The van der Waals surface area contributed by atoms with Gasteiger partial charge in [0.2, 0.25) is 0 Å². The monoisotopic (exact) mass is 873 g/mol. The Hall–Kier alpha value is -2.13. The van der Waals surface area contributed by atoms with Crippen LogP contribution in [0.2, 0.25) is 0 Å². The number of esters is 2. The minimum atomic E-state index is -4.60. The summed E-state index contributed by atoms with van der Waals surface area (Å²) in [6.07, 6.45) is 33.3. The third kappa shape index (κ3) is 31.7. The SMILES string of the molecule is CC/C=C/C/C=C/C/C=C/CCCCCCCC(=O)OC[C@H](CO[C@H]1O[C@H](CS(=O)(=O)O)[C@@H](O)C(O)C1O)OC(=O)CCCCCCCCCCCCCCCCCCC. The van der Waals surface area contributed by atoms with Gasteiger partial charge in [0.05, 0.1) is 6.61 Å². The molecule has 1 heterocycles. The number of hydrogen-bond donors (Lipinski definition) is 4. The third-order valence-electron chi connectivity index (χ3n) is 10.7. The van der Waals surface area contributed by atoms with E-state index in [0.717, 1.165) is 70.6 Å². The fourth-order valence-corrected chi connectivity index (χ4v) is 7.79. The van der Waals surface area contributed by atoms with Crippen LogP contribution in [0.15, 0.2) is 36.5 Å². The van der Waals surface area contributed by atoms with Gasteiger partial charge in [0.1, 0.15) is 36.8 Å². The van der Waals surface area contributed by atoms with E-state index in [1.54, 1.807) is 0 Å². The Kier molecular flexibility index (Phi) is 34.9. The van der Waals surface area contributed by atoms with E-state index < -0.39 is 71.2 Å². The molecule has 60 heavy (non-hydrogen) atoms. The van der Waals surface area contributed by atoms with Gasteiger partial charge >= 0.3 is 11.9 Å². The van der Waals surface area contributed by atoms with E-state index in [0.29, 0.717) is 12.8 Å². The molecule has 1 aliphatic heterocycles. The molecule has 2 unspecified atom stereocenters. The van der Waals surface area contributed by atoms with E-state index >= 15 is 0 Å². The van der Waals surface area contributed by atoms with Gasteiger partial charge in [-0.3, -0.25) is 14.1 Å². The number of unbranched alkanes of at least 4 members (excludes halogenated alkanes) is 21. The lowest BCUT2D eigenvalue weighted by molar-refractivity contribution is -0.297. The highest BCUT2D eigenvalue weighted by atomic mass is 32.2. The fraction of sp³-hybridized carbons (Fsp3) is 0.830. The summed E-state index contributed by atoms with van der Waals surface area (Å²) in [6.45, 7) is 3.65. The number of rotatable bonds is 39. The molecular formula is C47H84O12S. The molecule has 0 aromatic rings. The van der Waals surface area contributed by atoms with Crippen molar-refractivity contribution in [1.29, 1.82) is 0 Å². The molecule has 0 spiro atoms. The van der Waals surface area contributed by atoms with E-state index in [1.165, 1.54) is 83.5 Å². The molecule has 350 valence electrons. The van der Waals surface area contributed by atoms with Crippen LogP contribution in [-0.4, -0.2) is 96.0 Å². The van der Waals surface area contributed by atoms with Gasteiger partial charge in [-0.05, 0) is 44.9 Å². The summed E-state index contributed by atoms with van der Waals surface area (Å²) in [5, 5.41) is 30.9. The Bertz CT molecular complexity index is 1250. The molecular weight excluding hydrogens is 789 g/mol. The lowest BCUT2D eigenvalue weighted by Crippen LogP contribution is -2.60. The van der Waals surface area contributed by atoms with E-state index in [9.17, 15) is 37.9 Å². The predicted molar refractivity (Wildman–Crippen MR) is 238 cm³/mol. The first-order valence-electron chi connectivity index (χ1n) is 23.5. The summed E-state index contributed by atoms with van der Waals surface area (Å²) < 4.78 is 54.1. The molecule has 1 fully saturated rings. The summed E-state index contributed by atoms with van der Waals surface area (Å²) in [5.74, 6) is -2.00. The second-order valence-corrected chi connectivity index (χ2v) is 17.9. The molecule has 0 amide bonds. The van der Waals surface area contributed by atoms with Gasteiger partial charge < -0.3 is 34.3 Å². The molecule has 1 rings (SSSR count). The molecule has 0 aliphatic carbocycles. The number of allylic oxidation sites excluding steroid dienone is 6. The zero-order chi connectivity index (χ0) is 44.1. The van der Waals surface area contributed by atoms with Crippen LogP contribution in [0.4, 0.5) is 0 Å². The number of aliphatic hydroxyl groups is 3. The molecule has 6 atom stereocenters. The van der Waals surface area contributed by atoms with E-state index in [2.05, 4.69) is 50.3 Å². The molecule has 0 bridgehead atoms. The van der Waals surface area contributed by atoms with Crippen molar-refractivity contribution in [2.24, 2.45) is 0 Å². The normalized spacial score (nSPS) is 20.4. The van der Waals surface area contributed by atoms with Crippen molar-refractivity contribution in [3.8, 4) is 0 Å². The number of carbonyl (C=O) groups is 2. The summed E-state index contributed by atoms with van der Waals surface area (Å²) in [7, 11) is -4.60. The maximum atomic E-state index is 12.8. The van der Waals surface area contributed by atoms with Gasteiger partial charge in [-0.1, -0.05) is 172 Å². The molecule has 0 saturated carbocycles. The Morgan fingerprint density at radius 2 is 1.05 bits per heavy atom. The van der Waals surface area contributed by atoms with Gasteiger partial charge in [-0.25, -0.2) is 0 Å². The van der Waals surface area contributed by atoms with Gasteiger partial charge in [-0.15, -0.1) is 0 Å². The highest BCUT2D eigenvalue weighted by Crippen LogP contribution is 2.24. The topological polar surface area (TPSA) is 186 Å². The average Bonchev–Trinajstić information content (AvgIpc) is 3.21. The maximum Gasteiger partial charge on any atom is 0.306 e. The summed E-state index contributed by atoms with van der Waals surface area (Å²) in [5.41, 5.74) is 0. The fourth-order valence-electron chi connectivity index (χ4n) is 7.10. The van der Waals surface area contributed by atoms with Gasteiger partial charge in [0, 0.05) is 12.8 Å². The average molecular weight is 873 g/mol. The Morgan fingerprint density at radius 3 is 1.57 bits per heavy atom. The molecule has 1 saturated heterocycles. The van der Waals surface area contributed by atoms with Crippen molar-refractivity contribution in [1.82, 2.24) is 0 Å². The standard InChI is InChI=1S/C47H84O12S/c1-3-5-7-9-11-13-15-17-19-20-22-24-26-28-30-32-34-36-43(49)58-40(38-57-47-46(52)45(51)44(50)41(59-47)39-60(53,54)55)37-56-42(48)35-33-31-29-27-25-23-21-18-16-14-12-10-8-6-4-2/h6,8,12,14,18,21,40-41,44-47,50-52H,3-5,7,9-11,13,15-17,19-20,22-39H2,1-2H3,(H,53,54,55)/b8-6+,14-12+,21-18+/t40-,41-,44-,45?,46?,47+/m1/s1. The molecule has 0 radical (unpaired) electrons. The second kappa shape index (κ2) is 37.4. The summed E-state index contributed by atoms with van der Waals surface area (Å²) in [4.78, 5) is 25.4. The van der Waals surface area contributed by atoms with Crippen molar-refractivity contribution in [3.05, 3.63) is 36.5 Å². The third-order valence-corrected chi connectivity index (χ3v) is 11.5. The molecule has 0 aromatic carbocycles. The van der Waals surface area contributed by atoms with Crippen molar-refractivity contribution in [2.75, 3.05) is 19.0 Å². The van der Waals surface area contributed by atoms with Crippen LogP contribution in [0.25, 0.3) is 0 Å². The van der Waals surface area contributed by atoms with Crippen molar-refractivity contribution in [3.63, 3.8) is 0 Å². The Labute approximate surface area is 363 Å². The largest absolute Gasteiger partial charge is 0.462 e. The van der Waals surface area contributed by atoms with Crippen LogP contribution in [0.1, 0.15) is 194 Å². The predicted octanol–water partition coefficient (Wildman–Crippen LogP) is 9.78. The zero-order valence-corrected chi connectivity index (χ0v) is 38.1. The molecule has 4 N–H and O–H groups in total. The van der Waals surface area contributed by atoms with E-state index in [1.807, 2.05) is 0 Å². The van der Waals surface area contributed by atoms with Gasteiger partial charge in [0.25, 0.3) is 10.1 Å². The number of ether oxygens (including phenoxy) is 4. The van der Waals surface area contributed by atoms with Gasteiger partial charge in [0.15, 0.2) is 12.4 Å². The molecule has 13 heteroatoms. The van der Waals surface area contributed by atoms with Crippen molar-refractivity contribution < 1.29 is 56.8 Å². The minimum absolute atomic E-state index is 0.163. The van der Waals surface area contributed by atoms with Crippen LogP contribution in [0, 0.1) is 0 Å². The highest BCUT2D eigenvalue weighted by Gasteiger charge is 2.46. The lowest BCUT2D eigenvalue weighted by Gasteiger charge is -2.40. The number of aliphatic hydroxyl groups excluding tert-OH is 3. The van der Waals surface area contributed by atoms with Crippen LogP contribution in [-0.2, 0) is 38.7 Å². The molecule has 12 nitrogen and oxygen atoms in total. The van der Waals surface area contributed by atoms with Crippen LogP contribution in [0.5, 0.6) is 0 Å². The first-order chi connectivity index (χ1) is 29.0. The zero-order valence-electron chi connectivity index (χ0n) is 37.3. The smallest absolute Gasteiger partial charge is 0.306 e. The minimum Gasteiger partial charge on any atom is -0.462 e. The van der Waals surface area contributed by atoms with Crippen LogP contribution < -0.4 is 0 Å². The Morgan fingerprint density at radius 1 is 0.583 bits per heavy atom. The first kappa shape index (κ1) is 55.9. The maximum absolute atomic E-state index is 12.8. The highest BCUT2D eigenvalue weighted by molar-refractivity contribution is 7.85. The van der Waals surface area contributed by atoms with Crippen molar-refractivity contribution >= 4 is 22.1 Å². The van der Waals surface area contributed by atoms with Crippen LogP contribution >= 0.6 is 0 Å². The molecule has 0 aromatic heterocycles. The Balaban J connectivity index is 2.43. The van der Waals surface area contributed by atoms with Gasteiger partial charge in [-0.2, -0.15) is 8.42 Å². The summed E-state index contributed by atoms with van der Waals surface area (Å²) in [6, 6.07) is 0. The van der Waals surface area contributed by atoms with E-state index in [-0.39, 0.29) is 19.4 Å². The first-order valence-corrected chi connectivity index (χ1v) is 25.2. The lowest BCUT2D eigenvalue weighted by atomic mass is 10.00. The number of hydrogen-bond acceptors (Lipinski definition) is 11. The van der Waals surface area contributed by atoms with Crippen LogP contribution in [0.3, 0.4) is 0 Å². The summed E-state index contributed by atoms with van der Waals surface area (Å²) >= 11 is 0. The molecule has 1 aliphatic rings. The van der Waals surface area contributed by atoms with E-state index in [4.69, 9.17) is 18.9 Å². The quantitative estimate of drug-likeness (QED) is 0.0199. The number of carbonyl (C=O) groups excluding carboxylic acids is 2.